The van der Waals surface area contributed by atoms with Crippen LogP contribution in [0.1, 0.15) is 0 Å². The second kappa shape index (κ2) is 4.44. The maximum atomic E-state index is 12.4. The molecule has 1 aromatic carbocycles. The third-order valence-electron chi connectivity index (χ3n) is 1.02. The van der Waals surface area contributed by atoms with Gasteiger partial charge in [0.05, 0.1) is 4.90 Å². The molecule has 0 atom stereocenters. The number of benzene rings is 1. The molecule has 0 amide bonds. The van der Waals surface area contributed by atoms with E-state index in [9.17, 15) is 4.39 Å². The molecule has 0 saturated carbocycles. The quantitative estimate of drug-likeness (QED) is 0.349. The molecule has 52 valence electrons. The minimum absolute atomic E-state index is 0. The molecule has 0 bridgehead atoms. The molecule has 4 heteroatoms. The summed E-state index contributed by atoms with van der Waals surface area (Å²) in [6, 6.07) is 4.47. The van der Waals surface area contributed by atoms with Gasteiger partial charge in [0.1, 0.15) is 5.82 Å². The van der Waals surface area contributed by atoms with E-state index in [1.165, 1.54) is 6.07 Å². The Kier molecular flexibility index (Phi) is 4.69. The Bertz CT molecular complexity index is 209. The Hall–Kier alpha value is 0.560. The Labute approximate surface area is 94.2 Å². The third-order valence-corrected chi connectivity index (χ3v) is 1.49. The fourth-order valence-electron chi connectivity index (χ4n) is 0.532. The van der Waals surface area contributed by atoms with Crippen LogP contribution in [0.15, 0.2) is 23.1 Å². The molecule has 0 aliphatic rings. The van der Waals surface area contributed by atoms with Gasteiger partial charge >= 0.3 is 37.7 Å². The van der Waals surface area contributed by atoms with Gasteiger partial charge in [0.25, 0.3) is 0 Å². The number of halogens is 1. The second-order valence-corrected chi connectivity index (χ2v) is 2.12. The van der Waals surface area contributed by atoms with Crippen molar-refractivity contribution in [1.82, 2.24) is 0 Å². The Morgan fingerprint density at radius 3 is 2.40 bits per heavy atom. The van der Waals surface area contributed by atoms with Crippen molar-refractivity contribution in [2.24, 2.45) is 0 Å². The Morgan fingerprint density at radius 2 is 2.00 bits per heavy atom. The van der Waals surface area contributed by atoms with Gasteiger partial charge in [-0.15, -0.1) is 12.6 Å². The molecule has 0 aliphatic carbocycles. The predicted molar refractivity (Wildman–Crippen MR) is 46.6 cm³/mol. The molecule has 0 radical (unpaired) electrons. The van der Waals surface area contributed by atoms with Crippen LogP contribution in [0.4, 0.5) is 10.1 Å². The van der Waals surface area contributed by atoms with E-state index in [4.69, 9.17) is 5.73 Å². The zero-order valence-electron chi connectivity index (χ0n) is 4.63. The van der Waals surface area contributed by atoms with Gasteiger partial charge in [-0.25, -0.2) is 4.39 Å². The average molecular weight is 185 g/mol. The molecule has 0 heterocycles. The van der Waals surface area contributed by atoms with Crippen LogP contribution in [0.5, 0.6) is 0 Å². The zero-order valence-corrected chi connectivity index (χ0v) is 5.53. The molecule has 0 unspecified atom stereocenters. The van der Waals surface area contributed by atoms with Gasteiger partial charge in [-0.2, -0.15) is 0 Å². The first-order valence-corrected chi connectivity index (χ1v) is 2.89. The third kappa shape index (κ3) is 2.31. The van der Waals surface area contributed by atoms with E-state index >= 15 is 0 Å². The van der Waals surface area contributed by atoms with Gasteiger partial charge in [0, 0.05) is 5.69 Å². The summed E-state index contributed by atoms with van der Waals surface area (Å²) in [5.74, 6) is -0.377. The number of thiol groups is 1. The fourth-order valence-corrected chi connectivity index (χ4v) is 0.681. The summed E-state index contributed by atoms with van der Waals surface area (Å²) in [6.07, 6.45) is 0. The summed E-state index contributed by atoms with van der Waals surface area (Å²) < 4.78 is 12.4. The van der Waals surface area contributed by atoms with Crippen LogP contribution in [0.2, 0.25) is 0 Å². The van der Waals surface area contributed by atoms with Crippen LogP contribution in [-0.2, 0) is 0 Å². The number of nitrogens with two attached hydrogens (primary N) is 1. The number of hydrogen-bond donors (Lipinski definition) is 2. The fraction of sp³-hybridized carbons (Fsp3) is 0. The van der Waals surface area contributed by atoms with E-state index in [0.717, 1.165) is 0 Å². The van der Waals surface area contributed by atoms with Gasteiger partial charge in [0.15, 0.2) is 0 Å². The van der Waals surface area contributed by atoms with E-state index < -0.39 is 0 Å². The zero-order chi connectivity index (χ0) is 6.85. The van der Waals surface area contributed by atoms with E-state index in [2.05, 4.69) is 12.6 Å². The molecule has 1 nitrogen and oxygen atoms in total. The summed E-state index contributed by atoms with van der Waals surface area (Å²) in [6.45, 7) is 0. The summed E-state index contributed by atoms with van der Waals surface area (Å²) in [5, 5.41) is 0. The van der Waals surface area contributed by atoms with E-state index in [1.54, 1.807) is 12.1 Å². The standard InChI is InChI=1S/C6H6FNS.Ca.2H/c7-4-2-1-3-5(8)6(4)9;;;/h1-3,9H,8H2;;;. The SMILES string of the molecule is Nc1cccc(F)c1S.[CaH2]. The van der Waals surface area contributed by atoms with Gasteiger partial charge < -0.3 is 5.73 Å². The summed E-state index contributed by atoms with van der Waals surface area (Å²) in [4.78, 5) is 0.220. The first-order valence-electron chi connectivity index (χ1n) is 2.45. The van der Waals surface area contributed by atoms with E-state index in [0.29, 0.717) is 5.69 Å². The number of rotatable bonds is 0. The van der Waals surface area contributed by atoms with Gasteiger partial charge in [-0.1, -0.05) is 6.07 Å². The molecule has 1 rings (SSSR count). The average Bonchev–Trinajstić information content (AvgIpc) is 1.83. The molecular formula is C6H8CaFNS. The monoisotopic (exact) mass is 185 g/mol. The molecular weight excluding hydrogens is 177 g/mol. The Balaban J connectivity index is 0.000000810. The van der Waals surface area contributed by atoms with Gasteiger partial charge in [0.2, 0.25) is 0 Å². The molecule has 0 aliphatic heterocycles. The summed E-state index contributed by atoms with van der Waals surface area (Å²) in [7, 11) is 0. The number of anilines is 1. The molecule has 2 N–H and O–H groups in total. The van der Waals surface area contributed by atoms with Crippen molar-refractivity contribution in [3.05, 3.63) is 24.0 Å². The molecule has 1 aromatic rings. The molecule has 0 fully saturated rings. The maximum absolute atomic E-state index is 12.4. The van der Waals surface area contributed by atoms with Crippen LogP contribution < -0.4 is 5.73 Å². The van der Waals surface area contributed by atoms with Crippen LogP contribution in [0.25, 0.3) is 0 Å². The molecule has 0 spiro atoms. The number of nitrogen functional groups attached to an aromatic ring is 1. The van der Waals surface area contributed by atoms with Crippen molar-refractivity contribution in [2.45, 2.75) is 4.90 Å². The van der Waals surface area contributed by atoms with Crippen LogP contribution in [-0.4, -0.2) is 37.7 Å². The van der Waals surface area contributed by atoms with Crippen molar-refractivity contribution >= 4 is 56.1 Å². The molecule has 0 saturated heterocycles. The topological polar surface area (TPSA) is 26.0 Å². The number of hydrogen-bond acceptors (Lipinski definition) is 2. The van der Waals surface area contributed by atoms with Crippen molar-refractivity contribution in [1.29, 1.82) is 0 Å². The first-order chi connectivity index (χ1) is 4.22. The minimum atomic E-state index is -0.377. The first kappa shape index (κ1) is 10.6. The predicted octanol–water partition coefficient (Wildman–Crippen LogP) is 0.780. The van der Waals surface area contributed by atoms with Crippen LogP contribution >= 0.6 is 12.6 Å². The molecule has 10 heavy (non-hydrogen) atoms. The second-order valence-electron chi connectivity index (χ2n) is 1.68. The normalized spacial score (nSPS) is 8.60. The summed E-state index contributed by atoms with van der Waals surface area (Å²) >= 11 is 3.81. The van der Waals surface area contributed by atoms with Crippen LogP contribution in [0.3, 0.4) is 0 Å². The Morgan fingerprint density at radius 1 is 1.40 bits per heavy atom. The van der Waals surface area contributed by atoms with Gasteiger partial charge in [-0.3, -0.25) is 0 Å². The van der Waals surface area contributed by atoms with Crippen molar-refractivity contribution in [2.75, 3.05) is 5.73 Å². The molecule has 0 aromatic heterocycles. The van der Waals surface area contributed by atoms with Gasteiger partial charge in [-0.05, 0) is 12.1 Å². The van der Waals surface area contributed by atoms with Crippen molar-refractivity contribution in [3.8, 4) is 0 Å². The van der Waals surface area contributed by atoms with Crippen molar-refractivity contribution < 1.29 is 4.39 Å². The van der Waals surface area contributed by atoms with E-state index in [-0.39, 0.29) is 48.5 Å². The summed E-state index contributed by atoms with van der Waals surface area (Å²) in [5.41, 5.74) is 5.68. The van der Waals surface area contributed by atoms with E-state index in [1.807, 2.05) is 0 Å². The van der Waals surface area contributed by atoms with Crippen LogP contribution in [0, 0.1) is 5.82 Å². The van der Waals surface area contributed by atoms with Crippen molar-refractivity contribution in [3.63, 3.8) is 0 Å².